The second kappa shape index (κ2) is 8.25. The molecule has 2 bridgehead atoms. The topological polar surface area (TPSA) is 41.5 Å². The highest BCUT2D eigenvalue weighted by Gasteiger charge is 2.43. The molecule has 0 amide bonds. The van der Waals surface area contributed by atoms with E-state index in [9.17, 15) is 0 Å². The number of methoxy groups -OCH3 is 1. The molecule has 0 N–H and O–H groups in total. The first kappa shape index (κ1) is 21.0. The summed E-state index contributed by atoms with van der Waals surface area (Å²) in [6.45, 7) is 8.53. The summed E-state index contributed by atoms with van der Waals surface area (Å²) < 4.78 is 5.72. The number of halogens is 1. The van der Waals surface area contributed by atoms with Crippen molar-refractivity contribution < 1.29 is 4.74 Å². The number of hydrogen-bond donors (Lipinski definition) is 0. The molecule has 0 spiro atoms. The fourth-order valence-corrected chi connectivity index (χ4v) is 5.96. The monoisotopic (exact) mass is 440 g/mol. The van der Waals surface area contributed by atoms with Crippen LogP contribution < -0.4 is 9.80 Å². The van der Waals surface area contributed by atoms with Gasteiger partial charge < -0.3 is 14.5 Å². The van der Waals surface area contributed by atoms with Crippen LogP contribution in [-0.2, 0) is 17.7 Å². The predicted octanol–water partition coefficient (Wildman–Crippen LogP) is 5.27. The van der Waals surface area contributed by atoms with Crippen LogP contribution in [0.2, 0.25) is 5.28 Å². The molecule has 0 aliphatic carbocycles. The molecule has 2 aromatic rings. The number of piperidine rings is 1. The van der Waals surface area contributed by atoms with Crippen molar-refractivity contribution in [2.75, 3.05) is 23.5 Å². The average Bonchev–Trinajstić information content (AvgIpc) is 3.02. The van der Waals surface area contributed by atoms with E-state index in [1.807, 2.05) is 7.11 Å². The van der Waals surface area contributed by atoms with E-state index < -0.39 is 0 Å². The first-order chi connectivity index (χ1) is 14.9. The lowest BCUT2D eigenvalue weighted by molar-refractivity contribution is 0.0681. The fourth-order valence-electron chi connectivity index (χ4n) is 5.78. The van der Waals surface area contributed by atoms with Crippen LogP contribution in [0.5, 0.6) is 0 Å². The third-order valence-electron chi connectivity index (χ3n) is 7.52. The number of benzene rings is 1. The molecule has 5 rings (SSSR count). The molecule has 0 saturated carbocycles. The average molecular weight is 441 g/mol. The lowest BCUT2D eigenvalue weighted by Gasteiger charge is -2.41. The van der Waals surface area contributed by atoms with E-state index in [1.54, 1.807) is 0 Å². The molecule has 3 aliphatic heterocycles. The molecule has 0 radical (unpaired) electrons. The smallest absolute Gasteiger partial charge is 0.224 e. The van der Waals surface area contributed by atoms with Crippen molar-refractivity contribution in [2.45, 2.75) is 83.5 Å². The van der Waals surface area contributed by atoms with E-state index in [0.717, 1.165) is 43.9 Å². The van der Waals surface area contributed by atoms with Gasteiger partial charge in [-0.3, -0.25) is 0 Å². The van der Waals surface area contributed by atoms with Crippen molar-refractivity contribution in [3.05, 3.63) is 45.9 Å². The number of rotatable bonds is 4. The molecule has 4 heterocycles. The van der Waals surface area contributed by atoms with Crippen LogP contribution >= 0.6 is 11.6 Å². The summed E-state index contributed by atoms with van der Waals surface area (Å²) in [4.78, 5) is 14.5. The van der Waals surface area contributed by atoms with Crippen LogP contribution in [0.4, 0.5) is 11.5 Å². The Morgan fingerprint density at radius 3 is 2.55 bits per heavy atom. The van der Waals surface area contributed by atoms with Gasteiger partial charge in [0, 0.05) is 50.0 Å². The zero-order chi connectivity index (χ0) is 21.7. The lowest BCUT2D eigenvalue weighted by atomic mass is 9.96. The minimum Gasteiger partial charge on any atom is -0.381 e. The molecule has 3 aliphatic rings. The van der Waals surface area contributed by atoms with E-state index in [1.165, 1.54) is 35.2 Å². The van der Waals surface area contributed by atoms with E-state index in [-0.39, 0.29) is 0 Å². The first-order valence-corrected chi connectivity index (χ1v) is 12.0. The maximum atomic E-state index is 6.42. The van der Waals surface area contributed by atoms with Crippen LogP contribution in [0.1, 0.15) is 67.8 Å². The van der Waals surface area contributed by atoms with Crippen molar-refractivity contribution in [2.24, 2.45) is 0 Å². The van der Waals surface area contributed by atoms with Gasteiger partial charge in [0.05, 0.1) is 11.8 Å². The van der Waals surface area contributed by atoms with Gasteiger partial charge in [-0.1, -0.05) is 26.0 Å². The zero-order valence-corrected chi connectivity index (χ0v) is 19.8. The zero-order valence-electron chi connectivity index (χ0n) is 19.1. The Balaban J connectivity index is 1.50. The van der Waals surface area contributed by atoms with Crippen LogP contribution in [0.15, 0.2) is 18.2 Å². The Morgan fingerprint density at radius 1 is 1.13 bits per heavy atom. The SMILES string of the molecule is COC1C[C@H]2CC[C@@H](C1)N2c1nc(Cl)nc2c1CN(c1cc(C(C)C)ccc1C)CC2. The number of aryl methyl sites for hydroxylation is 1. The molecule has 31 heavy (non-hydrogen) atoms. The van der Waals surface area contributed by atoms with Gasteiger partial charge in [-0.25, -0.2) is 9.97 Å². The highest BCUT2D eigenvalue weighted by molar-refractivity contribution is 6.28. The molecule has 166 valence electrons. The maximum absolute atomic E-state index is 6.42. The number of nitrogens with zero attached hydrogens (tertiary/aromatic N) is 4. The van der Waals surface area contributed by atoms with Crippen molar-refractivity contribution in [1.29, 1.82) is 0 Å². The highest BCUT2D eigenvalue weighted by Crippen LogP contribution is 2.42. The molecule has 5 nitrogen and oxygen atoms in total. The molecule has 6 heteroatoms. The lowest BCUT2D eigenvalue weighted by Crippen LogP contribution is -2.47. The second-order valence-electron chi connectivity index (χ2n) is 9.74. The Labute approximate surface area is 190 Å². The van der Waals surface area contributed by atoms with Gasteiger partial charge in [-0.05, 0) is 67.3 Å². The quantitative estimate of drug-likeness (QED) is 0.605. The fraction of sp³-hybridized carbons (Fsp3) is 0.600. The van der Waals surface area contributed by atoms with Crippen molar-refractivity contribution >= 4 is 23.1 Å². The Morgan fingerprint density at radius 2 is 1.87 bits per heavy atom. The van der Waals surface area contributed by atoms with Crippen molar-refractivity contribution in [3.63, 3.8) is 0 Å². The van der Waals surface area contributed by atoms with Crippen LogP contribution in [0, 0.1) is 6.92 Å². The normalized spacial score (nSPS) is 25.3. The van der Waals surface area contributed by atoms with Crippen LogP contribution in [-0.4, -0.2) is 41.8 Å². The number of fused-ring (bicyclic) bond motifs is 3. The largest absolute Gasteiger partial charge is 0.381 e. The summed E-state index contributed by atoms with van der Waals surface area (Å²) in [7, 11) is 1.84. The number of ether oxygens (including phenoxy) is 1. The summed E-state index contributed by atoms with van der Waals surface area (Å²) in [5.41, 5.74) is 6.43. The van der Waals surface area contributed by atoms with Gasteiger partial charge in [0.25, 0.3) is 0 Å². The standard InChI is InChI=1S/C25H33ClN4O/c1-15(2)17-6-5-16(3)23(11-17)29-10-9-22-21(14-29)24(28-25(26)27-22)30-18-7-8-19(30)13-20(12-18)31-4/h5-6,11,15,18-20H,7-10,12-14H2,1-4H3/t18-,19+,20?. The third kappa shape index (κ3) is 3.80. The van der Waals surface area contributed by atoms with Gasteiger partial charge in [-0.2, -0.15) is 0 Å². The minimum atomic E-state index is 0.361. The first-order valence-electron chi connectivity index (χ1n) is 11.7. The van der Waals surface area contributed by atoms with E-state index in [2.05, 4.69) is 53.8 Å². The van der Waals surface area contributed by atoms with Gasteiger partial charge in [-0.15, -0.1) is 0 Å². The van der Waals surface area contributed by atoms with Crippen LogP contribution in [0.3, 0.4) is 0 Å². The highest BCUT2D eigenvalue weighted by atomic mass is 35.5. The molecule has 1 aromatic carbocycles. The summed E-state index contributed by atoms with van der Waals surface area (Å²) in [6.07, 6.45) is 5.82. The van der Waals surface area contributed by atoms with Crippen molar-refractivity contribution in [3.8, 4) is 0 Å². The van der Waals surface area contributed by atoms with Gasteiger partial charge in [0.1, 0.15) is 5.82 Å². The molecule has 1 aromatic heterocycles. The molecule has 1 unspecified atom stereocenters. The molecular formula is C25H33ClN4O. The van der Waals surface area contributed by atoms with Crippen molar-refractivity contribution in [1.82, 2.24) is 9.97 Å². The summed E-state index contributed by atoms with van der Waals surface area (Å²) >= 11 is 6.42. The summed E-state index contributed by atoms with van der Waals surface area (Å²) in [5, 5.41) is 0.383. The minimum absolute atomic E-state index is 0.361. The van der Waals surface area contributed by atoms with E-state index >= 15 is 0 Å². The predicted molar refractivity (Wildman–Crippen MR) is 126 cm³/mol. The van der Waals surface area contributed by atoms with Gasteiger partial charge in [0.15, 0.2) is 0 Å². The maximum Gasteiger partial charge on any atom is 0.224 e. The number of anilines is 2. The summed E-state index contributed by atoms with van der Waals surface area (Å²) in [6, 6.07) is 7.86. The Bertz CT molecular complexity index is 964. The third-order valence-corrected chi connectivity index (χ3v) is 7.69. The molecule has 2 fully saturated rings. The van der Waals surface area contributed by atoms with E-state index in [0.29, 0.717) is 29.4 Å². The van der Waals surface area contributed by atoms with Gasteiger partial charge in [0.2, 0.25) is 5.28 Å². The van der Waals surface area contributed by atoms with Gasteiger partial charge >= 0.3 is 0 Å². The molecule has 3 atom stereocenters. The molecular weight excluding hydrogens is 408 g/mol. The number of hydrogen-bond acceptors (Lipinski definition) is 5. The number of aromatic nitrogens is 2. The Hall–Kier alpha value is -1.85. The summed E-state index contributed by atoms with van der Waals surface area (Å²) in [5.74, 6) is 1.59. The Kier molecular flexibility index (Phi) is 5.59. The van der Waals surface area contributed by atoms with Crippen LogP contribution in [0.25, 0.3) is 0 Å². The second-order valence-corrected chi connectivity index (χ2v) is 10.1. The molecule has 2 saturated heterocycles. The van der Waals surface area contributed by atoms with E-state index in [4.69, 9.17) is 21.3 Å².